The number of hydrogen-bond donors (Lipinski definition) is 2. The molecular weight excluding hydrogens is 460 g/mol. The number of carbonyl (C=O) groups is 3. The van der Waals surface area contributed by atoms with Gasteiger partial charge in [0, 0.05) is 18.8 Å². The number of nitrogens with zero attached hydrogens (tertiary/aromatic N) is 2. The van der Waals surface area contributed by atoms with Gasteiger partial charge in [0.2, 0.25) is 15.9 Å². The van der Waals surface area contributed by atoms with E-state index in [0.29, 0.717) is 38.4 Å². The lowest BCUT2D eigenvalue weighted by Crippen LogP contribution is -2.44. The van der Waals surface area contributed by atoms with Crippen LogP contribution in [-0.2, 0) is 24.3 Å². The lowest BCUT2D eigenvalue weighted by atomic mass is 9.94. The highest BCUT2D eigenvalue weighted by Gasteiger charge is 2.47. The van der Waals surface area contributed by atoms with Gasteiger partial charge in [-0.1, -0.05) is 39.0 Å². The summed E-state index contributed by atoms with van der Waals surface area (Å²) < 4.78 is 32.0. The number of morpholine rings is 1. The average Bonchev–Trinajstić information content (AvgIpc) is 3.03. The number of nitrogens with one attached hydrogen (secondary N) is 2. The van der Waals surface area contributed by atoms with Gasteiger partial charge >= 0.3 is 6.03 Å². The molecule has 1 unspecified atom stereocenters. The molecule has 0 aromatic heterocycles. The minimum atomic E-state index is -3.63. The van der Waals surface area contributed by atoms with Gasteiger partial charge in [-0.25, -0.2) is 13.2 Å². The van der Waals surface area contributed by atoms with Gasteiger partial charge in [-0.2, -0.15) is 4.31 Å². The van der Waals surface area contributed by atoms with Crippen molar-refractivity contribution in [3.63, 3.8) is 0 Å². The van der Waals surface area contributed by atoms with Crippen LogP contribution in [-0.4, -0.2) is 73.9 Å². The Balaban J connectivity index is 1.55. The summed E-state index contributed by atoms with van der Waals surface area (Å²) in [6, 6.07) is 5.23. The van der Waals surface area contributed by atoms with Crippen molar-refractivity contribution in [3.8, 4) is 0 Å². The molecule has 0 saturated carbocycles. The number of unbranched alkanes of at least 4 members (excludes halogenated alkanes) is 4. The van der Waals surface area contributed by atoms with E-state index in [1.807, 2.05) is 0 Å². The molecule has 10 nitrogen and oxygen atoms in total. The maximum absolute atomic E-state index is 12.8. The van der Waals surface area contributed by atoms with Crippen molar-refractivity contribution in [2.75, 3.05) is 38.2 Å². The summed E-state index contributed by atoms with van der Waals surface area (Å²) >= 11 is 0. The third kappa shape index (κ3) is 6.13. The van der Waals surface area contributed by atoms with Crippen molar-refractivity contribution in [2.24, 2.45) is 0 Å². The van der Waals surface area contributed by atoms with Gasteiger partial charge in [0.25, 0.3) is 5.91 Å². The highest BCUT2D eigenvalue weighted by molar-refractivity contribution is 7.89. The Hall–Kier alpha value is -2.50. The van der Waals surface area contributed by atoms with E-state index < -0.39 is 40.0 Å². The molecular formula is C23H34N4O6S. The summed E-state index contributed by atoms with van der Waals surface area (Å²) in [7, 11) is -3.63. The van der Waals surface area contributed by atoms with Crippen molar-refractivity contribution in [3.05, 3.63) is 24.3 Å². The van der Waals surface area contributed by atoms with Crippen LogP contribution in [0.1, 0.15) is 52.4 Å². The van der Waals surface area contributed by atoms with Crippen LogP contribution in [0.5, 0.6) is 0 Å². The molecule has 188 valence electrons. The van der Waals surface area contributed by atoms with Crippen molar-refractivity contribution >= 4 is 33.6 Å². The fourth-order valence-electron chi connectivity index (χ4n) is 4.13. The van der Waals surface area contributed by atoms with E-state index in [4.69, 9.17) is 4.74 Å². The molecule has 1 atom stereocenters. The fraction of sp³-hybridized carbons (Fsp3) is 0.609. The second-order valence-electron chi connectivity index (χ2n) is 8.91. The van der Waals surface area contributed by atoms with Crippen LogP contribution in [0.15, 0.2) is 29.2 Å². The van der Waals surface area contributed by atoms with Crippen LogP contribution in [0.2, 0.25) is 0 Å². The molecule has 34 heavy (non-hydrogen) atoms. The molecule has 2 saturated heterocycles. The molecule has 2 N–H and O–H groups in total. The Labute approximate surface area is 201 Å². The van der Waals surface area contributed by atoms with Crippen LogP contribution in [0.25, 0.3) is 0 Å². The van der Waals surface area contributed by atoms with Crippen LogP contribution in [0, 0.1) is 0 Å². The minimum absolute atomic E-state index is 0.121. The quantitative estimate of drug-likeness (QED) is 0.359. The van der Waals surface area contributed by atoms with E-state index in [1.165, 1.54) is 28.6 Å². The molecule has 0 bridgehead atoms. The van der Waals surface area contributed by atoms with Crippen molar-refractivity contribution < 1.29 is 27.5 Å². The molecule has 2 fully saturated rings. The number of amides is 4. The molecule has 1 aromatic rings. The molecule has 0 radical (unpaired) electrons. The largest absolute Gasteiger partial charge is 0.379 e. The number of carbonyl (C=O) groups excluding carboxylic acids is 3. The zero-order valence-corrected chi connectivity index (χ0v) is 20.7. The summed E-state index contributed by atoms with van der Waals surface area (Å²) in [5.74, 6) is -0.949. The first-order valence-electron chi connectivity index (χ1n) is 11.8. The van der Waals surface area contributed by atoms with Gasteiger partial charge in [-0.05, 0) is 37.6 Å². The first-order chi connectivity index (χ1) is 16.2. The second-order valence-corrected chi connectivity index (χ2v) is 10.8. The SMILES string of the molecule is CCCCCCCC1(C)NC(=O)N(CC(=O)Nc2ccc(S(=O)(=O)N3CCOCC3)cc2)C1=O. The summed E-state index contributed by atoms with van der Waals surface area (Å²) in [4.78, 5) is 38.8. The number of benzene rings is 1. The van der Waals surface area contributed by atoms with Gasteiger partial charge < -0.3 is 15.4 Å². The topological polar surface area (TPSA) is 125 Å². The van der Waals surface area contributed by atoms with E-state index in [0.717, 1.165) is 37.0 Å². The summed E-state index contributed by atoms with van der Waals surface area (Å²) in [6.45, 7) is 4.71. The summed E-state index contributed by atoms with van der Waals surface area (Å²) in [5, 5.41) is 5.34. The minimum Gasteiger partial charge on any atom is -0.379 e. The Kier molecular flexibility index (Phi) is 8.67. The molecule has 0 aliphatic carbocycles. The number of imide groups is 1. The second kappa shape index (κ2) is 11.3. The van der Waals surface area contributed by atoms with Crippen LogP contribution in [0.3, 0.4) is 0 Å². The van der Waals surface area contributed by atoms with E-state index in [2.05, 4.69) is 17.6 Å². The van der Waals surface area contributed by atoms with Gasteiger partial charge in [0.15, 0.2) is 0 Å². The zero-order chi connectivity index (χ0) is 24.8. The summed E-state index contributed by atoms with van der Waals surface area (Å²) in [6.07, 6.45) is 5.70. The molecule has 2 aliphatic rings. The number of sulfonamides is 1. The van der Waals surface area contributed by atoms with Gasteiger partial charge in [0.1, 0.15) is 12.1 Å². The molecule has 11 heteroatoms. The lowest BCUT2D eigenvalue weighted by Gasteiger charge is -2.26. The molecule has 2 aliphatic heterocycles. The summed E-state index contributed by atoms with van der Waals surface area (Å²) in [5.41, 5.74) is -0.629. The maximum Gasteiger partial charge on any atom is 0.325 e. The number of anilines is 1. The third-order valence-corrected chi connectivity index (χ3v) is 8.09. The van der Waals surface area contributed by atoms with Crippen molar-refractivity contribution in [2.45, 2.75) is 62.8 Å². The lowest BCUT2D eigenvalue weighted by molar-refractivity contribution is -0.133. The predicted octanol–water partition coefficient (Wildman–Crippen LogP) is 2.32. The van der Waals surface area contributed by atoms with Crippen LogP contribution >= 0.6 is 0 Å². The Bertz CT molecular complexity index is 991. The average molecular weight is 495 g/mol. The van der Waals surface area contributed by atoms with Gasteiger partial charge in [-0.15, -0.1) is 0 Å². The highest BCUT2D eigenvalue weighted by atomic mass is 32.2. The predicted molar refractivity (Wildman–Crippen MR) is 127 cm³/mol. The fourth-order valence-corrected chi connectivity index (χ4v) is 5.54. The first kappa shape index (κ1) is 26.1. The number of hydrogen-bond acceptors (Lipinski definition) is 6. The highest BCUT2D eigenvalue weighted by Crippen LogP contribution is 2.24. The number of ether oxygens (including phenoxy) is 1. The molecule has 2 heterocycles. The van der Waals surface area contributed by atoms with Crippen LogP contribution in [0.4, 0.5) is 10.5 Å². The smallest absolute Gasteiger partial charge is 0.325 e. The van der Waals surface area contributed by atoms with Crippen molar-refractivity contribution in [1.82, 2.24) is 14.5 Å². The first-order valence-corrected chi connectivity index (χ1v) is 13.2. The molecule has 0 spiro atoms. The Morgan fingerprint density at radius 1 is 1.09 bits per heavy atom. The number of urea groups is 1. The zero-order valence-electron chi connectivity index (χ0n) is 19.8. The molecule has 3 rings (SSSR count). The Morgan fingerprint density at radius 3 is 2.38 bits per heavy atom. The van der Waals surface area contributed by atoms with Gasteiger partial charge in [0.05, 0.1) is 18.1 Å². The van der Waals surface area contributed by atoms with Crippen LogP contribution < -0.4 is 10.6 Å². The van der Waals surface area contributed by atoms with E-state index >= 15 is 0 Å². The maximum atomic E-state index is 12.8. The monoisotopic (exact) mass is 494 g/mol. The number of rotatable bonds is 11. The molecule has 1 aromatic carbocycles. The normalized spacial score (nSPS) is 21.5. The standard InChI is InChI=1S/C23H34N4O6S/c1-3-4-5-6-7-12-23(2)21(29)27(22(30)25-23)17-20(28)24-18-8-10-19(11-9-18)34(31,32)26-13-15-33-16-14-26/h8-11H,3-7,12-17H2,1-2H3,(H,24,28)(H,25,30). The van der Waals surface area contributed by atoms with Crippen molar-refractivity contribution in [1.29, 1.82) is 0 Å². The molecule has 4 amide bonds. The van der Waals surface area contributed by atoms with Gasteiger partial charge in [-0.3, -0.25) is 14.5 Å². The van der Waals surface area contributed by atoms with E-state index in [1.54, 1.807) is 6.92 Å². The van der Waals surface area contributed by atoms with E-state index in [-0.39, 0.29) is 4.90 Å². The van der Waals surface area contributed by atoms with E-state index in [9.17, 15) is 22.8 Å². The Morgan fingerprint density at radius 2 is 1.74 bits per heavy atom. The third-order valence-electron chi connectivity index (χ3n) is 6.17.